The molecule has 2 rings (SSSR count). The maximum absolute atomic E-state index is 11.0. The van der Waals surface area contributed by atoms with Gasteiger partial charge in [-0.3, -0.25) is 4.90 Å². The van der Waals surface area contributed by atoms with Crippen LogP contribution >= 0.6 is 0 Å². The van der Waals surface area contributed by atoms with E-state index >= 15 is 0 Å². The Bertz CT molecular complexity index is 481. The van der Waals surface area contributed by atoms with Gasteiger partial charge >= 0.3 is 11.9 Å². The minimum atomic E-state index is -1.15. The number of rotatable bonds is 4. The molecule has 0 bridgehead atoms. The molecule has 5 heteroatoms. The minimum Gasteiger partial charge on any atom is -0.478 e. The summed E-state index contributed by atoms with van der Waals surface area (Å²) in [5, 5.41) is 17.9. The lowest BCUT2D eigenvalue weighted by Gasteiger charge is -2.15. The highest BCUT2D eigenvalue weighted by atomic mass is 16.4. The zero-order chi connectivity index (χ0) is 13.1. The average Bonchev–Trinajstić information content (AvgIpc) is 2.74. The fourth-order valence-corrected chi connectivity index (χ4v) is 2.04. The first-order valence-corrected chi connectivity index (χ1v) is 5.53. The fourth-order valence-electron chi connectivity index (χ4n) is 2.04. The van der Waals surface area contributed by atoms with E-state index in [0.717, 1.165) is 5.56 Å². The maximum atomic E-state index is 11.0. The predicted molar refractivity (Wildman–Crippen MR) is 64.0 cm³/mol. The lowest BCUT2D eigenvalue weighted by atomic mass is 10.1. The van der Waals surface area contributed by atoms with Crippen molar-refractivity contribution >= 4 is 11.9 Å². The molecule has 0 amide bonds. The van der Waals surface area contributed by atoms with Crippen LogP contribution in [0.15, 0.2) is 41.5 Å². The largest absolute Gasteiger partial charge is 0.478 e. The number of hydrogen-bond acceptors (Lipinski definition) is 3. The van der Waals surface area contributed by atoms with Crippen LogP contribution in [0.4, 0.5) is 0 Å². The molecule has 1 aliphatic rings. The molecule has 0 saturated heterocycles. The summed E-state index contributed by atoms with van der Waals surface area (Å²) in [7, 11) is 0. The third kappa shape index (κ3) is 2.57. The molecule has 1 aromatic rings. The second-order valence-corrected chi connectivity index (χ2v) is 4.20. The lowest BCUT2D eigenvalue weighted by molar-refractivity contribution is -0.135. The second kappa shape index (κ2) is 5.01. The third-order valence-electron chi connectivity index (χ3n) is 2.89. The van der Waals surface area contributed by atoms with Gasteiger partial charge in [-0.15, -0.1) is 0 Å². The number of benzene rings is 1. The number of carboxylic acids is 2. The van der Waals surface area contributed by atoms with Crippen molar-refractivity contribution in [1.82, 2.24) is 4.90 Å². The standard InChI is InChI=1S/C13H13NO4/c15-12(16)10-7-14(8-11(10)13(17)18)6-9-4-2-1-3-5-9/h1-5H,6-8H2,(H,15,16)(H,17,18). The topological polar surface area (TPSA) is 77.8 Å². The Morgan fingerprint density at radius 1 is 1.00 bits per heavy atom. The Morgan fingerprint density at radius 3 is 1.94 bits per heavy atom. The van der Waals surface area contributed by atoms with Gasteiger partial charge in [0.2, 0.25) is 0 Å². The Hall–Kier alpha value is -2.14. The fraction of sp³-hybridized carbons (Fsp3) is 0.231. The summed E-state index contributed by atoms with van der Waals surface area (Å²) in [6.45, 7) is 0.895. The molecule has 1 heterocycles. The van der Waals surface area contributed by atoms with Crippen LogP contribution in [0.1, 0.15) is 5.56 Å². The van der Waals surface area contributed by atoms with E-state index in [1.54, 1.807) is 0 Å². The quantitative estimate of drug-likeness (QED) is 0.828. The van der Waals surface area contributed by atoms with Crippen molar-refractivity contribution in [1.29, 1.82) is 0 Å². The van der Waals surface area contributed by atoms with E-state index in [4.69, 9.17) is 10.2 Å². The summed E-state index contributed by atoms with van der Waals surface area (Å²) < 4.78 is 0. The Morgan fingerprint density at radius 2 is 1.50 bits per heavy atom. The third-order valence-corrected chi connectivity index (χ3v) is 2.89. The normalized spacial score (nSPS) is 16.0. The lowest BCUT2D eigenvalue weighted by Crippen LogP contribution is -2.22. The van der Waals surface area contributed by atoms with Crippen LogP contribution in [0, 0.1) is 0 Å². The van der Waals surface area contributed by atoms with E-state index in [2.05, 4.69) is 0 Å². The smallest absolute Gasteiger partial charge is 0.333 e. The molecule has 0 aromatic heterocycles. The van der Waals surface area contributed by atoms with Crippen LogP contribution in [-0.2, 0) is 16.1 Å². The number of carbonyl (C=O) groups is 2. The molecule has 0 spiro atoms. The van der Waals surface area contributed by atoms with Gasteiger partial charge in [-0.25, -0.2) is 9.59 Å². The molecule has 0 atom stereocenters. The van der Waals surface area contributed by atoms with Gasteiger partial charge in [-0.2, -0.15) is 0 Å². The summed E-state index contributed by atoms with van der Waals surface area (Å²) in [6.07, 6.45) is 0. The summed E-state index contributed by atoms with van der Waals surface area (Å²) in [5.74, 6) is -2.30. The zero-order valence-electron chi connectivity index (χ0n) is 9.67. The zero-order valence-corrected chi connectivity index (χ0v) is 9.67. The van der Waals surface area contributed by atoms with Gasteiger partial charge in [0.25, 0.3) is 0 Å². The van der Waals surface area contributed by atoms with E-state index in [1.807, 2.05) is 35.2 Å². The average molecular weight is 247 g/mol. The number of aliphatic carboxylic acids is 2. The monoisotopic (exact) mass is 247 g/mol. The molecule has 2 N–H and O–H groups in total. The highest BCUT2D eigenvalue weighted by molar-refractivity contribution is 6.00. The summed E-state index contributed by atoms with van der Waals surface area (Å²) in [5.41, 5.74) is 1.01. The van der Waals surface area contributed by atoms with Crippen molar-refractivity contribution in [2.24, 2.45) is 0 Å². The van der Waals surface area contributed by atoms with Crippen molar-refractivity contribution in [3.63, 3.8) is 0 Å². The van der Waals surface area contributed by atoms with Crippen LogP contribution in [0.5, 0.6) is 0 Å². The van der Waals surface area contributed by atoms with Gasteiger partial charge in [0.1, 0.15) is 0 Å². The molecule has 5 nitrogen and oxygen atoms in total. The van der Waals surface area contributed by atoms with Crippen LogP contribution in [0.3, 0.4) is 0 Å². The van der Waals surface area contributed by atoms with E-state index in [0.29, 0.717) is 6.54 Å². The number of carboxylic acid groups (broad SMARTS) is 2. The van der Waals surface area contributed by atoms with E-state index in [9.17, 15) is 9.59 Å². The first kappa shape index (κ1) is 12.3. The molecule has 0 unspecified atom stereocenters. The number of nitrogens with zero attached hydrogens (tertiary/aromatic N) is 1. The summed E-state index contributed by atoms with van der Waals surface area (Å²) in [4.78, 5) is 23.7. The molecular weight excluding hydrogens is 234 g/mol. The highest BCUT2D eigenvalue weighted by Crippen LogP contribution is 2.20. The van der Waals surface area contributed by atoms with Crippen molar-refractivity contribution < 1.29 is 19.8 Å². The summed E-state index contributed by atoms with van der Waals surface area (Å²) in [6, 6.07) is 9.56. The molecule has 1 aliphatic heterocycles. The van der Waals surface area contributed by atoms with Gasteiger partial charge in [0.15, 0.2) is 0 Å². The molecule has 18 heavy (non-hydrogen) atoms. The molecule has 0 aliphatic carbocycles. The predicted octanol–water partition coefficient (Wildman–Crippen LogP) is 0.968. The van der Waals surface area contributed by atoms with Crippen molar-refractivity contribution in [3.05, 3.63) is 47.0 Å². The molecule has 0 saturated carbocycles. The van der Waals surface area contributed by atoms with Gasteiger partial charge in [0.05, 0.1) is 11.1 Å². The molecule has 0 radical (unpaired) electrons. The SMILES string of the molecule is O=C(O)C1=C(C(=O)O)CN(Cc2ccccc2)C1. The molecular formula is C13H13NO4. The Balaban J connectivity index is 2.10. The van der Waals surface area contributed by atoms with Gasteiger partial charge in [0, 0.05) is 19.6 Å². The second-order valence-electron chi connectivity index (χ2n) is 4.20. The van der Waals surface area contributed by atoms with Gasteiger partial charge in [-0.1, -0.05) is 30.3 Å². The molecule has 1 aromatic carbocycles. The first-order valence-electron chi connectivity index (χ1n) is 5.53. The van der Waals surface area contributed by atoms with E-state index < -0.39 is 11.9 Å². The minimum absolute atomic E-state index is 0.0153. The van der Waals surface area contributed by atoms with Crippen LogP contribution in [-0.4, -0.2) is 40.1 Å². The van der Waals surface area contributed by atoms with Crippen molar-refractivity contribution in [2.75, 3.05) is 13.1 Å². The first-order chi connectivity index (χ1) is 8.58. The highest BCUT2D eigenvalue weighted by Gasteiger charge is 2.30. The van der Waals surface area contributed by atoms with Gasteiger partial charge < -0.3 is 10.2 Å². The Labute approximate surface area is 104 Å². The van der Waals surface area contributed by atoms with E-state index in [-0.39, 0.29) is 24.2 Å². The van der Waals surface area contributed by atoms with E-state index in [1.165, 1.54) is 0 Å². The molecule has 94 valence electrons. The van der Waals surface area contributed by atoms with Crippen LogP contribution in [0.25, 0.3) is 0 Å². The Kier molecular flexibility index (Phi) is 3.43. The van der Waals surface area contributed by atoms with Gasteiger partial charge in [-0.05, 0) is 5.56 Å². The summed E-state index contributed by atoms with van der Waals surface area (Å²) >= 11 is 0. The maximum Gasteiger partial charge on any atom is 0.333 e. The van der Waals surface area contributed by atoms with Crippen LogP contribution < -0.4 is 0 Å². The van der Waals surface area contributed by atoms with Crippen molar-refractivity contribution in [3.8, 4) is 0 Å². The van der Waals surface area contributed by atoms with Crippen LogP contribution in [0.2, 0.25) is 0 Å². The number of hydrogen-bond donors (Lipinski definition) is 2. The molecule has 0 fully saturated rings. The van der Waals surface area contributed by atoms with Crippen molar-refractivity contribution in [2.45, 2.75) is 6.54 Å².